The third-order valence-electron chi connectivity index (χ3n) is 3.02. The minimum absolute atomic E-state index is 0.00302. The van der Waals surface area contributed by atoms with Crippen LogP contribution in [-0.2, 0) is 9.47 Å². The molecule has 0 N–H and O–H groups in total. The molecule has 2 unspecified atom stereocenters. The van der Waals surface area contributed by atoms with Crippen molar-refractivity contribution in [3.63, 3.8) is 0 Å². The highest BCUT2D eigenvalue weighted by Crippen LogP contribution is 2.26. The van der Waals surface area contributed by atoms with Crippen molar-refractivity contribution in [2.75, 3.05) is 18.9 Å². The highest BCUT2D eigenvalue weighted by atomic mass is 79.9. The molecular weight excluding hydrogens is 315 g/mol. The summed E-state index contributed by atoms with van der Waals surface area (Å²) in [4.78, 5) is 0.131. The highest BCUT2D eigenvalue weighted by molar-refractivity contribution is 9.09. The zero-order chi connectivity index (χ0) is 12.0. The molecule has 0 aliphatic heterocycles. The number of halogens is 3. The monoisotopic (exact) mass is 332 g/mol. The van der Waals surface area contributed by atoms with Crippen LogP contribution in [0.15, 0.2) is 0 Å². The van der Waals surface area contributed by atoms with Crippen LogP contribution < -0.4 is 0 Å². The summed E-state index contributed by atoms with van der Waals surface area (Å²) in [5.74, 6) is 0.998. The summed E-state index contributed by atoms with van der Waals surface area (Å²) in [5, 5.41) is 0. The van der Waals surface area contributed by atoms with Gasteiger partial charge < -0.3 is 9.47 Å². The summed E-state index contributed by atoms with van der Waals surface area (Å²) in [6, 6.07) is 0. The molecule has 1 aliphatic rings. The zero-order valence-electron chi connectivity index (χ0n) is 9.50. The average Bonchev–Trinajstić information content (AvgIpc) is 2.35. The lowest BCUT2D eigenvalue weighted by molar-refractivity contribution is -0.0449. The molecule has 1 aliphatic carbocycles. The molecule has 0 amide bonds. The molecule has 96 valence electrons. The van der Waals surface area contributed by atoms with Gasteiger partial charge in [-0.1, -0.05) is 15.9 Å². The van der Waals surface area contributed by atoms with Gasteiger partial charge in [0.25, 0.3) is 0 Å². The predicted octanol–water partition coefficient (Wildman–Crippen LogP) is 3.57. The van der Waals surface area contributed by atoms with Crippen LogP contribution in [-0.4, -0.2) is 42.0 Å². The van der Waals surface area contributed by atoms with Gasteiger partial charge in [0, 0.05) is 18.9 Å². The molecule has 1 rings (SSSR count). The van der Waals surface area contributed by atoms with Gasteiger partial charge >= 0.3 is 0 Å². The Morgan fingerprint density at radius 2 is 1.69 bits per heavy atom. The van der Waals surface area contributed by atoms with Crippen LogP contribution >= 0.6 is 39.1 Å². The van der Waals surface area contributed by atoms with Gasteiger partial charge in [0.2, 0.25) is 0 Å². The van der Waals surface area contributed by atoms with Crippen LogP contribution in [0.25, 0.3) is 0 Å². The normalized spacial score (nSPS) is 30.0. The average molecular weight is 334 g/mol. The second-order valence-electron chi connectivity index (χ2n) is 4.13. The smallest absolute Gasteiger partial charge is 0.0850 e. The molecular formula is C11H19BrCl2O2. The molecule has 2 atom stereocenters. The van der Waals surface area contributed by atoms with Crippen molar-refractivity contribution in [3.05, 3.63) is 0 Å². The molecule has 0 radical (unpaired) electrons. The SMILES string of the molecule is COC1CCC(OC(CCl)C(Br)CCl)CC1. The quantitative estimate of drug-likeness (QED) is 0.692. The van der Waals surface area contributed by atoms with E-state index >= 15 is 0 Å². The summed E-state index contributed by atoms with van der Waals surface area (Å²) in [6.45, 7) is 0. The fraction of sp³-hybridized carbons (Fsp3) is 1.00. The van der Waals surface area contributed by atoms with Crippen molar-refractivity contribution in [3.8, 4) is 0 Å². The highest BCUT2D eigenvalue weighted by Gasteiger charge is 2.26. The van der Waals surface area contributed by atoms with E-state index in [9.17, 15) is 0 Å². The van der Waals surface area contributed by atoms with E-state index in [0.29, 0.717) is 24.0 Å². The molecule has 0 aromatic heterocycles. The van der Waals surface area contributed by atoms with E-state index in [1.165, 1.54) is 0 Å². The van der Waals surface area contributed by atoms with Gasteiger partial charge in [-0.2, -0.15) is 0 Å². The molecule has 0 spiro atoms. The van der Waals surface area contributed by atoms with Gasteiger partial charge in [0.15, 0.2) is 0 Å². The van der Waals surface area contributed by atoms with E-state index < -0.39 is 0 Å². The maximum absolute atomic E-state index is 5.97. The Morgan fingerprint density at radius 1 is 1.12 bits per heavy atom. The van der Waals surface area contributed by atoms with Crippen molar-refractivity contribution in [2.24, 2.45) is 0 Å². The van der Waals surface area contributed by atoms with Gasteiger partial charge in [0.1, 0.15) is 0 Å². The van der Waals surface area contributed by atoms with E-state index in [1.807, 2.05) is 0 Å². The lowest BCUT2D eigenvalue weighted by Crippen LogP contribution is -2.35. The van der Waals surface area contributed by atoms with Crippen LogP contribution in [0, 0.1) is 0 Å². The fourth-order valence-corrected chi connectivity index (χ4v) is 2.98. The van der Waals surface area contributed by atoms with Crippen molar-refractivity contribution in [1.82, 2.24) is 0 Å². The van der Waals surface area contributed by atoms with Gasteiger partial charge in [-0.25, -0.2) is 0 Å². The predicted molar refractivity (Wildman–Crippen MR) is 72.1 cm³/mol. The van der Waals surface area contributed by atoms with Gasteiger partial charge in [-0.15, -0.1) is 23.2 Å². The first kappa shape index (κ1) is 15.0. The van der Waals surface area contributed by atoms with Crippen molar-refractivity contribution >= 4 is 39.1 Å². The second kappa shape index (κ2) is 8.15. The molecule has 0 heterocycles. The number of alkyl halides is 3. The third kappa shape index (κ3) is 4.69. The van der Waals surface area contributed by atoms with E-state index in [2.05, 4.69) is 15.9 Å². The topological polar surface area (TPSA) is 18.5 Å². The third-order valence-corrected chi connectivity index (χ3v) is 4.95. The van der Waals surface area contributed by atoms with Crippen LogP contribution in [0.1, 0.15) is 25.7 Å². The lowest BCUT2D eigenvalue weighted by atomic mass is 9.95. The Bertz CT molecular complexity index is 187. The molecule has 1 fully saturated rings. The standard InChI is InChI=1S/C11H19BrCl2O2/c1-15-8-2-4-9(5-3-8)16-11(7-14)10(12)6-13/h8-11H,2-7H2,1H3. The maximum atomic E-state index is 5.97. The minimum Gasteiger partial charge on any atom is -0.381 e. The molecule has 2 nitrogen and oxygen atoms in total. The van der Waals surface area contributed by atoms with Crippen LogP contribution in [0.5, 0.6) is 0 Å². The van der Waals surface area contributed by atoms with Gasteiger partial charge in [-0.05, 0) is 25.7 Å². The van der Waals surface area contributed by atoms with E-state index in [-0.39, 0.29) is 10.9 Å². The Morgan fingerprint density at radius 3 is 2.12 bits per heavy atom. The Balaban J connectivity index is 2.31. The van der Waals surface area contributed by atoms with Crippen molar-refractivity contribution < 1.29 is 9.47 Å². The van der Waals surface area contributed by atoms with Crippen LogP contribution in [0.3, 0.4) is 0 Å². The van der Waals surface area contributed by atoms with E-state index in [1.54, 1.807) is 7.11 Å². The summed E-state index contributed by atoms with van der Waals surface area (Å²) in [6.07, 6.45) is 4.96. The van der Waals surface area contributed by atoms with Crippen molar-refractivity contribution in [2.45, 2.75) is 48.8 Å². The number of ether oxygens (including phenoxy) is 2. The number of methoxy groups -OCH3 is 1. The summed E-state index contributed by atoms with van der Waals surface area (Å²) in [5.41, 5.74) is 0. The molecule has 0 aromatic carbocycles. The van der Waals surface area contributed by atoms with Gasteiger partial charge in [-0.3, -0.25) is 0 Å². The number of hydrogen-bond donors (Lipinski definition) is 0. The first-order valence-corrected chi connectivity index (χ1v) is 7.64. The number of rotatable bonds is 6. The Labute approximate surface area is 116 Å². The zero-order valence-corrected chi connectivity index (χ0v) is 12.6. The molecule has 0 aromatic rings. The van der Waals surface area contributed by atoms with Gasteiger partial charge in [0.05, 0.1) is 23.1 Å². The first-order valence-electron chi connectivity index (χ1n) is 5.65. The summed E-state index contributed by atoms with van der Waals surface area (Å²) >= 11 is 15.2. The molecule has 0 saturated heterocycles. The number of hydrogen-bond acceptors (Lipinski definition) is 2. The fourth-order valence-electron chi connectivity index (χ4n) is 1.97. The van der Waals surface area contributed by atoms with E-state index in [4.69, 9.17) is 32.7 Å². The second-order valence-corrected chi connectivity index (χ2v) is 5.93. The molecule has 1 saturated carbocycles. The molecule has 0 bridgehead atoms. The van der Waals surface area contributed by atoms with Crippen LogP contribution in [0.4, 0.5) is 0 Å². The minimum atomic E-state index is 0.00302. The maximum Gasteiger partial charge on any atom is 0.0850 e. The summed E-state index contributed by atoms with van der Waals surface area (Å²) in [7, 11) is 1.77. The largest absolute Gasteiger partial charge is 0.381 e. The molecule has 5 heteroatoms. The Kier molecular flexibility index (Phi) is 7.66. The first-order chi connectivity index (χ1) is 7.71. The van der Waals surface area contributed by atoms with E-state index in [0.717, 1.165) is 25.7 Å². The van der Waals surface area contributed by atoms with Crippen LogP contribution in [0.2, 0.25) is 0 Å². The summed E-state index contributed by atoms with van der Waals surface area (Å²) < 4.78 is 11.3. The molecule has 16 heavy (non-hydrogen) atoms. The van der Waals surface area contributed by atoms with Crippen molar-refractivity contribution in [1.29, 1.82) is 0 Å². The lowest BCUT2D eigenvalue weighted by Gasteiger charge is -2.31. The Hall–Kier alpha value is 0.980.